The van der Waals surface area contributed by atoms with Gasteiger partial charge in [-0.2, -0.15) is 0 Å². The maximum Gasteiger partial charge on any atom is 0.147 e. The Morgan fingerprint density at radius 3 is 2.67 bits per heavy atom. The van der Waals surface area contributed by atoms with Gasteiger partial charge in [0.15, 0.2) is 0 Å². The second kappa shape index (κ2) is 9.90. The minimum absolute atomic E-state index is 0.201. The van der Waals surface area contributed by atoms with Crippen LogP contribution in [-0.4, -0.2) is 35.3 Å². The number of carbonyl (C=O) groups is 1. The highest BCUT2D eigenvalue weighted by atomic mass is 32.1. The molecule has 3 aromatic rings. The summed E-state index contributed by atoms with van der Waals surface area (Å²) < 4.78 is 1.36. The number of hydrogen-bond acceptors (Lipinski definition) is 4. The Labute approximate surface area is 201 Å². The fourth-order valence-electron chi connectivity index (χ4n) is 5.54. The normalized spacial score (nSPS) is 19.8. The van der Waals surface area contributed by atoms with E-state index in [1.165, 1.54) is 39.8 Å². The highest BCUT2D eigenvalue weighted by Gasteiger charge is 2.40. The highest BCUT2D eigenvalue weighted by molar-refractivity contribution is 7.20. The largest absolute Gasteiger partial charge is 0.299 e. The summed E-state index contributed by atoms with van der Waals surface area (Å²) >= 11 is 1.90. The number of nitrogens with zero attached hydrogens (tertiary/aromatic N) is 2. The van der Waals surface area contributed by atoms with Crippen molar-refractivity contribution < 1.29 is 4.79 Å². The number of thiophene rings is 1. The Morgan fingerprint density at radius 2 is 1.94 bits per heavy atom. The lowest BCUT2D eigenvalue weighted by Crippen LogP contribution is -2.42. The lowest BCUT2D eigenvalue weighted by molar-refractivity contribution is -0.129. The third-order valence-corrected chi connectivity index (χ3v) is 8.90. The summed E-state index contributed by atoms with van der Waals surface area (Å²) in [6.45, 7) is 5.09. The molecule has 33 heavy (non-hydrogen) atoms. The molecule has 0 amide bonds. The molecule has 1 aromatic carbocycles. The SMILES string of the molecule is CC(CCN1CC=C(c2cc3ccccc3s2)CC1)(C(=O)C1CCCCC1)c1ccccn1. The molecule has 1 atom stereocenters. The van der Waals surface area contributed by atoms with Gasteiger partial charge in [0, 0.05) is 34.8 Å². The Morgan fingerprint density at radius 1 is 1.12 bits per heavy atom. The molecule has 3 heterocycles. The number of aromatic nitrogens is 1. The molecule has 1 aliphatic carbocycles. The molecule has 0 N–H and O–H groups in total. The van der Waals surface area contributed by atoms with Gasteiger partial charge in [-0.3, -0.25) is 14.7 Å². The van der Waals surface area contributed by atoms with E-state index in [1.54, 1.807) is 0 Å². The smallest absolute Gasteiger partial charge is 0.147 e. The number of hydrogen-bond donors (Lipinski definition) is 0. The summed E-state index contributed by atoms with van der Waals surface area (Å²) in [6.07, 6.45) is 11.9. The molecule has 1 aliphatic heterocycles. The summed E-state index contributed by atoms with van der Waals surface area (Å²) in [5, 5.41) is 1.34. The van der Waals surface area contributed by atoms with Crippen LogP contribution in [0.2, 0.25) is 0 Å². The molecule has 3 nitrogen and oxygen atoms in total. The van der Waals surface area contributed by atoms with Crippen molar-refractivity contribution in [1.82, 2.24) is 9.88 Å². The molecule has 1 fully saturated rings. The van der Waals surface area contributed by atoms with Gasteiger partial charge in [0.25, 0.3) is 0 Å². The van der Waals surface area contributed by atoms with E-state index in [9.17, 15) is 4.79 Å². The van der Waals surface area contributed by atoms with Crippen LogP contribution in [0.4, 0.5) is 0 Å². The fraction of sp³-hybridized carbons (Fsp3) is 0.448. The van der Waals surface area contributed by atoms with Gasteiger partial charge in [-0.05, 0) is 74.4 Å². The van der Waals surface area contributed by atoms with Crippen LogP contribution in [0.25, 0.3) is 15.7 Å². The molecule has 4 heteroatoms. The van der Waals surface area contributed by atoms with E-state index >= 15 is 0 Å². The van der Waals surface area contributed by atoms with E-state index in [1.807, 2.05) is 29.7 Å². The van der Waals surface area contributed by atoms with Gasteiger partial charge in [0.2, 0.25) is 0 Å². The second-order valence-corrected chi connectivity index (χ2v) is 11.0. The predicted octanol–water partition coefficient (Wildman–Crippen LogP) is 6.88. The van der Waals surface area contributed by atoms with Gasteiger partial charge in [-0.1, -0.05) is 49.6 Å². The summed E-state index contributed by atoms with van der Waals surface area (Å²) in [4.78, 5) is 22.3. The van der Waals surface area contributed by atoms with Crippen molar-refractivity contribution in [3.8, 4) is 0 Å². The fourth-order valence-corrected chi connectivity index (χ4v) is 6.67. The van der Waals surface area contributed by atoms with Crippen LogP contribution in [0.15, 0.2) is 60.8 Å². The van der Waals surface area contributed by atoms with Gasteiger partial charge in [0.1, 0.15) is 5.78 Å². The van der Waals surface area contributed by atoms with Crippen LogP contribution in [0, 0.1) is 5.92 Å². The lowest BCUT2D eigenvalue weighted by Gasteiger charge is -2.35. The first kappa shape index (κ1) is 22.5. The number of benzene rings is 1. The van der Waals surface area contributed by atoms with E-state index in [0.29, 0.717) is 5.78 Å². The molecule has 172 valence electrons. The Hall–Kier alpha value is -2.30. The first-order valence-electron chi connectivity index (χ1n) is 12.5. The molecule has 2 aliphatic rings. The topological polar surface area (TPSA) is 33.2 Å². The Balaban J connectivity index is 1.28. The van der Waals surface area contributed by atoms with Crippen LogP contribution in [-0.2, 0) is 10.2 Å². The van der Waals surface area contributed by atoms with E-state index < -0.39 is 5.41 Å². The van der Waals surface area contributed by atoms with Gasteiger partial charge in [-0.25, -0.2) is 0 Å². The van der Waals surface area contributed by atoms with Crippen molar-refractivity contribution in [3.63, 3.8) is 0 Å². The van der Waals surface area contributed by atoms with Gasteiger partial charge in [-0.15, -0.1) is 11.3 Å². The average molecular weight is 459 g/mol. The minimum atomic E-state index is -0.501. The first-order valence-corrected chi connectivity index (χ1v) is 13.3. The number of Topliss-reactive ketones (excluding diaryl/α,β-unsaturated/α-hetero) is 1. The van der Waals surface area contributed by atoms with E-state index in [0.717, 1.165) is 51.0 Å². The van der Waals surface area contributed by atoms with Crippen molar-refractivity contribution in [1.29, 1.82) is 0 Å². The quantitative estimate of drug-likeness (QED) is 0.387. The lowest BCUT2D eigenvalue weighted by atomic mass is 9.70. The maximum absolute atomic E-state index is 13.7. The number of pyridine rings is 1. The highest BCUT2D eigenvalue weighted by Crippen LogP contribution is 2.37. The summed E-state index contributed by atoms with van der Waals surface area (Å²) in [5.41, 5.74) is 1.91. The summed E-state index contributed by atoms with van der Waals surface area (Å²) in [5.74, 6) is 0.617. The Kier molecular flexibility index (Phi) is 6.75. The van der Waals surface area contributed by atoms with Crippen LogP contribution in [0.5, 0.6) is 0 Å². The van der Waals surface area contributed by atoms with Crippen molar-refractivity contribution in [2.24, 2.45) is 5.92 Å². The van der Waals surface area contributed by atoms with E-state index in [2.05, 4.69) is 59.3 Å². The molecule has 1 saturated carbocycles. The van der Waals surface area contributed by atoms with Crippen LogP contribution < -0.4 is 0 Å². The van der Waals surface area contributed by atoms with Crippen molar-refractivity contribution in [3.05, 3.63) is 71.4 Å². The van der Waals surface area contributed by atoms with Crippen LogP contribution in [0.1, 0.15) is 62.4 Å². The number of rotatable bonds is 7. The molecule has 0 saturated heterocycles. The molecule has 1 unspecified atom stereocenters. The zero-order chi connectivity index (χ0) is 22.7. The van der Waals surface area contributed by atoms with E-state index in [-0.39, 0.29) is 5.92 Å². The average Bonchev–Trinajstić information content (AvgIpc) is 3.32. The summed E-state index contributed by atoms with van der Waals surface area (Å²) in [6, 6.07) is 17.0. The molecule has 0 spiro atoms. The number of fused-ring (bicyclic) bond motifs is 1. The van der Waals surface area contributed by atoms with Gasteiger partial charge in [0.05, 0.1) is 11.1 Å². The third-order valence-electron chi connectivity index (χ3n) is 7.71. The monoisotopic (exact) mass is 458 g/mol. The predicted molar refractivity (Wildman–Crippen MR) is 139 cm³/mol. The second-order valence-electron chi connectivity index (χ2n) is 9.92. The molecule has 2 aromatic heterocycles. The summed E-state index contributed by atoms with van der Waals surface area (Å²) in [7, 11) is 0. The first-order chi connectivity index (χ1) is 16.1. The third kappa shape index (κ3) is 4.83. The Bertz CT molecular complexity index is 1100. The molecular formula is C29H34N2OS. The zero-order valence-electron chi connectivity index (χ0n) is 19.6. The minimum Gasteiger partial charge on any atom is -0.299 e. The zero-order valence-corrected chi connectivity index (χ0v) is 20.4. The van der Waals surface area contributed by atoms with Crippen LogP contribution >= 0.6 is 11.3 Å². The van der Waals surface area contributed by atoms with Gasteiger partial charge >= 0.3 is 0 Å². The van der Waals surface area contributed by atoms with Gasteiger partial charge < -0.3 is 0 Å². The molecular weight excluding hydrogens is 424 g/mol. The molecule has 5 rings (SSSR count). The molecule has 0 bridgehead atoms. The van der Waals surface area contributed by atoms with Crippen LogP contribution in [0.3, 0.4) is 0 Å². The van der Waals surface area contributed by atoms with Crippen molar-refractivity contribution in [2.75, 3.05) is 19.6 Å². The van der Waals surface area contributed by atoms with Crippen molar-refractivity contribution in [2.45, 2.75) is 57.3 Å². The van der Waals surface area contributed by atoms with E-state index in [4.69, 9.17) is 0 Å². The standard InChI is InChI=1S/C29H34N2OS/c1-29(27-13-7-8-17-30-27,28(32)23-9-3-2-4-10-23)16-20-31-18-14-22(15-19-31)26-21-24-11-5-6-12-25(24)33-26/h5-8,11-14,17,21,23H,2-4,9-10,15-16,18-20H2,1H3. The molecule has 0 radical (unpaired) electrons. The van der Waals surface area contributed by atoms with Crippen molar-refractivity contribution >= 4 is 32.8 Å². The maximum atomic E-state index is 13.7. The number of ketones is 1. The number of carbonyl (C=O) groups excluding carboxylic acids is 1.